The summed E-state index contributed by atoms with van der Waals surface area (Å²) in [4.78, 5) is 87.5. The molecule has 5 N–H and O–H groups in total. The Hall–Kier alpha value is -10.8. The molecule has 0 saturated heterocycles. The van der Waals surface area contributed by atoms with E-state index in [9.17, 15) is 38.9 Å². The fourth-order valence-electron chi connectivity index (χ4n) is 9.13. The first kappa shape index (κ1) is 55.0. The number of nitrogens with zero attached hydrogens (tertiary/aromatic N) is 8. The predicted molar refractivity (Wildman–Crippen MR) is 282 cm³/mol. The van der Waals surface area contributed by atoms with E-state index < -0.39 is 51.9 Å². The van der Waals surface area contributed by atoms with E-state index in [4.69, 9.17) is 30.9 Å². The van der Waals surface area contributed by atoms with E-state index in [0.29, 0.717) is 24.0 Å². The topological polar surface area (TPSA) is 340 Å². The summed E-state index contributed by atoms with van der Waals surface area (Å²) in [7, 11) is 1.81. The second kappa shape index (κ2) is 24.0. The van der Waals surface area contributed by atoms with Gasteiger partial charge in [-0.05, 0) is 134 Å². The molecule has 3 aliphatic rings. The maximum absolute atomic E-state index is 12.3. The van der Waals surface area contributed by atoms with Crippen molar-refractivity contribution < 1.29 is 54.1 Å². The number of carboxylic acids is 4. The molecule has 0 bridgehead atoms. The molecule has 7 aromatic rings. The molecule has 1 aromatic heterocycles. The van der Waals surface area contributed by atoms with Crippen molar-refractivity contribution in [3.8, 4) is 23.3 Å². The first-order chi connectivity index (χ1) is 37.3. The Kier molecular flexibility index (Phi) is 16.9. The van der Waals surface area contributed by atoms with E-state index in [1.807, 2.05) is 39.1 Å². The van der Waals surface area contributed by atoms with Gasteiger partial charge in [-0.3, -0.25) is 24.5 Å². The molecule has 21 nitrogen and oxygen atoms in total. The van der Waals surface area contributed by atoms with Crippen LogP contribution in [0.1, 0.15) is 122 Å². The maximum Gasteiger partial charge on any atom is 0.336 e. The Balaban J connectivity index is 0.000000154. The summed E-state index contributed by atoms with van der Waals surface area (Å²) in [5.41, 5.74) is 10.6. The largest absolute Gasteiger partial charge is 0.481 e. The summed E-state index contributed by atoms with van der Waals surface area (Å²) in [6, 6.07) is 36.5. The lowest BCUT2D eigenvalue weighted by atomic mass is 9.79. The average Bonchev–Trinajstić information content (AvgIpc) is 4.07. The molecule has 0 spiro atoms. The van der Waals surface area contributed by atoms with Crippen LogP contribution in [-0.2, 0) is 17.6 Å². The highest BCUT2D eigenvalue weighted by atomic mass is 16.6. The van der Waals surface area contributed by atoms with Gasteiger partial charge in [0.25, 0.3) is 17.5 Å². The van der Waals surface area contributed by atoms with Crippen LogP contribution in [0.4, 0.5) is 28.7 Å². The highest BCUT2D eigenvalue weighted by Crippen LogP contribution is 2.51. The minimum atomic E-state index is -1.49. The molecule has 390 valence electrons. The molecule has 2 amide bonds. The van der Waals surface area contributed by atoms with E-state index in [1.54, 1.807) is 35.2 Å². The number of aryl methyl sites for hydroxylation is 3. The summed E-state index contributed by atoms with van der Waals surface area (Å²) in [5, 5.41) is 73.6. The number of aromatic carboxylic acids is 3. The number of nitro groups is 1. The zero-order chi connectivity index (χ0) is 56.4. The number of nitrogens with one attached hydrogen (secondary N) is 1. The number of benzene rings is 6. The quantitative estimate of drug-likeness (QED) is 0.0593. The Morgan fingerprint density at radius 2 is 1.45 bits per heavy atom. The van der Waals surface area contributed by atoms with Gasteiger partial charge in [0, 0.05) is 54.3 Å². The Bertz CT molecular complexity index is 3710. The number of hydrogen-bond acceptors (Lipinski definition) is 14. The fourth-order valence-corrected chi connectivity index (χ4v) is 9.13. The van der Waals surface area contributed by atoms with Crippen LogP contribution in [0.3, 0.4) is 0 Å². The molecular weight excluding hydrogens is 1000 g/mol. The van der Waals surface area contributed by atoms with Gasteiger partial charge in [-0.15, -0.1) is 10.2 Å². The third-order valence-corrected chi connectivity index (χ3v) is 12.7. The molecule has 1 unspecified atom stereocenters. The van der Waals surface area contributed by atoms with E-state index in [0.717, 1.165) is 41.7 Å². The standard InChI is InChI=1S/C19H18O2.C16H8N4O5.C14H15N3O2.C8H4N2O3/c20-18(21)11-9-12-8-10-17-15-5-2-1-4-14(15)16-7-3-6-13(12)19(16)17;17-7-9-1-2-11(5-10(9)8-18)19-15(21)13-4-3-12(20(24)25)6-14(13)16(22)23;1-9-7-10(2)16-14(15-9)17(3)12-6-4-5-11(8-12)13(18)19;11-7-6-4(8(12)13)2-1-3-5(6)9-10-7/h1-2,4-5,8,10,16H,3,6-7,9,11H2,(H,20,21);1-6H,(H,19,21)(H,22,23);4-8H,1-3H3,(H,18,19);1-3H,(H,12,13). The molecule has 0 fully saturated rings. The lowest BCUT2D eigenvalue weighted by Crippen LogP contribution is -2.17. The molecule has 1 atom stereocenters. The number of nitriles is 2. The van der Waals surface area contributed by atoms with Gasteiger partial charge in [0.2, 0.25) is 5.95 Å². The Labute approximate surface area is 444 Å². The lowest BCUT2D eigenvalue weighted by molar-refractivity contribution is -0.384. The number of carboxylic acid groups (broad SMARTS) is 4. The van der Waals surface area contributed by atoms with Gasteiger partial charge in [0.15, 0.2) is 0 Å². The van der Waals surface area contributed by atoms with Crippen LogP contribution in [0.15, 0.2) is 132 Å². The average molecular weight is 1050 g/mol. The normalized spacial score (nSPS) is 12.6. The van der Waals surface area contributed by atoms with Crippen LogP contribution in [0.2, 0.25) is 0 Å². The Morgan fingerprint density at radius 3 is 2.12 bits per heavy atom. The molecule has 2 heterocycles. The van der Waals surface area contributed by atoms with Crippen molar-refractivity contribution in [1.29, 1.82) is 10.5 Å². The number of azo groups is 1. The third-order valence-electron chi connectivity index (χ3n) is 12.7. The molecular formula is C57H45N9O12. The Morgan fingerprint density at radius 1 is 0.744 bits per heavy atom. The number of hydrogen-bond donors (Lipinski definition) is 5. The minimum absolute atomic E-state index is 0.0439. The van der Waals surface area contributed by atoms with E-state index in [-0.39, 0.29) is 45.5 Å². The highest BCUT2D eigenvalue weighted by molar-refractivity contribution is 6.11. The molecule has 10 rings (SSSR count). The molecule has 0 saturated carbocycles. The van der Waals surface area contributed by atoms with Crippen molar-refractivity contribution >= 4 is 64.4 Å². The van der Waals surface area contributed by atoms with Crippen molar-refractivity contribution in [2.24, 2.45) is 10.2 Å². The number of non-ortho nitro benzene ring substituents is 1. The van der Waals surface area contributed by atoms with Gasteiger partial charge in [-0.25, -0.2) is 24.4 Å². The monoisotopic (exact) mass is 1050 g/mol. The zero-order valence-electron chi connectivity index (χ0n) is 41.8. The van der Waals surface area contributed by atoms with Crippen LogP contribution in [0.5, 0.6) is 0 Å². The summed E-state index contributed by atoms with van der Waals surface area (Å²) < 4.78 is 0. The molecule has 1 aliphatic heterocycles. The smallest absolute Gasteiger partial charge is 0.336 e. The summed E-state index contributed by atoms with van der Waals surface area (Å²) in [5.74, 6) is -4.61. The second-order valence-electron chi connectivity index (χ2n) is 17.7. The van der Waals surface area contributed by atoms with E-state index in [1.165, 1.54) is 76.6 Å². The first-order valence-electron chi connectivity index (χ1n) is 23.7. The number of nitro benzene ring substituents is 1. The number of aromatic nitrogens is 2. The third kappa shape index (κ3) is 12.4. The lowest BCUT2D eigenvalue weighted by Gasteiger charge is -2.25. The molecule has 78 heavy (non-hydrogen) atoms. The van der Waals surface area contributed by atoms with E-state index >= 15 is 0 Å². The zero-order valence-corrected chi connectivity index (χ0v) is 41.8. The first-order valence-corrected chi connectivity index (χ1v) is 23.7. The van der Waals surface area contributed by atoms with Crippen LogP contribution in [-0.4, -0.2) is 78.1 Å². The predicted octanol–water partition coefficient (Wildman–Crippen LogP) is 10.6. The summed E-state index contributed by atoms with van der Waals surface area (Å²) >= 11 is 0. The summed E-state index contributed by atoms with van der Waals surface area (Å²) in [6.07, 6.45) is 4.40. The SMILES string of the molecule is Cc1cc(C)nc(N(C)c2cccc(C(=O)O)c2)n1.N#Cc1ccc(NC(=O)c2ccc([N+](=O)[O-])cc2C(=O)O)cc1C#N.O=C(O)CCc1ccc2c3c1CCCC3c1ccccc1-2.O=C(O)c1cccc2c1C(=O)N=N2. The molecule has 21 heteroatoms. The second-order valence-corrected chi connectivity index (χ2v) is 17.7. The number of carbonyl (C=O) groups is 6. The number of aliphatic carboxylic acids is 1. The fraction of sp³-hybridized carbons (Fsp3) is 0.158. The summed E-state index contributed by atoms with van der Waals surface area (Å²) in [6.45, 7) is 3.80. The van der Waals surface area contributed by atoms with Crippen LogP contribution in [0.25, 0.3) is 11.1 Å². The van der Waals surface area contributed by atoms with Crippen molar-refractivity contribution in [2.45, 2.75) is 51.9 Å². The van der Waals surface area contributed by atoms with Gasteiger partial charge in [0.1, 0.15) is 12.1 Å². The van der Waals surface area contributed by atoms with Crippen molar-refractivity contribution in [2.75, 3.05) is 17.3 Å². The number of fused-ring (bicyclic) bond motifs is 4. The molecule has 2 aliphatic carbocycles. The number of anilines is 3. The van der Waals surface area contributed by atoms with Crippen molar-refractivity contribution in [3.63, 3.8) is 0 Å². The van der Waals surface area contributed by atoms with Crippen LogP contribution < -0.4 is 10.2 Å². The van der Waals surface area contributed by atoms with Gasteiger partial charge in [-0.2, -0.15) is 10.5 Å². The molecule has 6 aromatic carbocycles. The van der Waals surface area contributed by atoms with Gasteiger partial charge in [0.05, 0.1) is 49.6 Å². The van der Waals surface area contributed by atoms with E-state index in [2.05, 4.69) is 61.9 Å². The van der Waals surface area contributed by atoms with Gasteiger partial charge < -0.3 is 30.6 Å². The van der Waals surface area contributed by atoms with Crippen LogP contribution in [0, 0.1) is 46.6 Å². The minimum Gasteiger partial charge on any atom is -0.481 e. The van der Waals surface area contributed by atoms with Crippen molar-refractivity contribution in [1.82, 2.24) is 9.97 Å². The maximum atomic E-state index is 12.3. The van der Waals surface area contributed by atoms with Crippen LogP contribution >= 0.6 is 0 Å². The number of rotatable bonds is 11. The molecule has 0 radical (unpaired) electrons. The van der Waals surface area contributed by atoms with Crippen molar-refractivity contribution in [3.05, 3.63) is 204 Å². The number of carbonyl (C=O) groups excluding carboxylic acids is 2. The van der Waals surface area contributed by atoms with Gasteiger partial charge in [-0.1, -0.05) is 48.5 Å². The number of amides is 2. The highest BCUT2D eigenvalue weighted by Gasteiger charge is 2.34. The van der Waals surface area contributed by atoms with Gasteiger partial charge >= 0.3 is 23.9 Å².